The summed E-state index contributed by atoms with van der Waals surface area (Å²) in [6.07, 6.45) is 3.84. The lowest BCUT2D eigenvalue weighted by atomic mass is 10.2. The molecule has 1 aromatic carbocycles. The van der Waals surface area contributed by atoms with Crippen LogP contribution < -0.4 is 5.01 Å². The van der Waals surface area contributed by atoms with E-state index >= 15 is 0 Å². The summed E-state index contributed by atoms with van der Waals surface area (Å²) in [6.45, 7) is 2.20. The number of alkyl halides is 1. The van der Waals surface area contributed by atoms with Gasteiger partial charge in [-0.1, -0.05) is 0 Å². The van der Waals surface area contributed by atoms with Gasteiger partial charge in [0.05, 0.1) is 16.9 Å². The Hall–Kier alpha value is -0.490. The first-order chi connectivity index (χ1) is 8.79. The molecule has 0 spiro atoms. The lowest BCUT2D eigenvalue weighted by Crippen LogP contribution is -2.39. The highest BCUT2D eigenvalue weighted by Gasteiger charge is 2.17. The van der Waals surface area contributed by atoms with Crippen LogP contribution in [0.5, 0.6) is 0 Å². The summed E-state index contributed by atoms with van der Waals surface area (Å²) < 4.78 is 3.43. The van der Waals surface area contributed by atoms with Crippen molar-refractivity contribution >= 4 is 45.2 Å². The van der Waals surface area contributed by atoms with Crippen molar-refractivity contribution in [2.45, 2.75) is 25.1 Å². The number of piperidine rings is 1. The summed E-state index contributed by atoms with van der Waals surface area (Å²) in [5.74, 6) is 1.41. The third-order valence-electron chi connectivity index (χ3n) is 3.39. The maximum Gasteiger partial charge on any atom is 0.143 e. The summed E-state index contributed by atoms with van der Waals surface area (Å²) in [5.41, 5.74) is 2.22. The van der Waals surface area contributed by atoms with Crippen LogP contribution in [0.2, 0.25) is 0 Å². The second-order valence-electron chi connectivity index (χ2n) is 4.62. The maximum atomic E-state index is 6.05. The van der Waals surface area contributed by atoms with Gasteiger partial charge in [-0.2, -0.15) is 0 Å². The van der Waals surface area contributed by atoms with Gasteiger partial charge in [-0.3, -0.25) is 0 Å². The van der Waals surface area contributed by atoms with E-state index in [-0.39, 0.29) is 0 Å². The Morgan fingerprint density at radius 2 is 2.00 bits per heavy atom. The van der Waals surface area contributed by atoms with Crippen LogP contribution >= 0.6 is 34.2 Å². The van der Waals surface area contributed by atoms with E-state index in [0.717, 1.165) is 24.4 Å². The van der Waals surface area contributed by atoms with Crippen LogP contribution in [-0.2, 0) is 5.88 Å². The van der Waals surface area contributed by atoms with Crippen LogP contribution in [0.15, 0.2) is 18.2 Å². The Kier molecular flexibility index (Phi) is 3.66. The fourth-order valence-corrected chi connectivity index (χ4v) is 3.22. The number of aromatic nitrogens is 2. The highest BCUT2D eigenvalue weighted by molar-refractivity contribution is 14.1. The van der Waals surface area contributed by atoms with Gasteiger partial charge in [0.25, 0.3) is 0 Å². The molecule has 96 valence electrons. The van der Waals surface area contributed by atoms with E-state index in [1.54, 1.807) is 0 Å². The molecular weight excluding hydrogens is 361 g/mol. The average molecular weight is 376 g/mol. The van der Waals surface area contributed by atoms with Crippen molar-refractivity contribution in [3.63, 3.8) is 0 Å². The number of hydrogen-bond acceptors (Lipinski definition) is 2. The van der Waals surface area contributed by atoms with Crippen molar-refractivity contribution in [3.8, 4) is 0 Å². The number of halogens is 2. The maximum absolute atomic E-state index is 6.05. The van der Waals surface area contributed by atoms with Crippen LogP contribution in [0.3, 0.4) is 0 Å². The smallest absolute Gasteiger partial charge is 0.143 e. The van der Waals surface area contributed by atoms with Crippen molar-refractivity contribution in [3.05, 3.63) is 27.6 Å². The Morgan fingerprint density at radius 1 is 1.22 bits per heavy atom. The highest BCUT2D eigenvalue weighted by Crippen LogP contribution is 2.22. The molecule has 2 heterocycles. The molecule has 18 heavy (non-hydrogen) atoms. The van der Waals surface area contributed by atoms with E-state index in [0.29, 0.717) is 5.88 Å². The molecular formula is C13H15ClIN3. The lowest BCUT2D eigenvalue weighted by Gasteiger charge is -2.31. The summed E-state index contributed by atoms with van der Waals surface area (Å²) in [5, 5.41) is 2.38. The van der Waals surface area contributed by atoms with Gasteiger partial charge in [0.1, 0.15) is 5.82 Å². The van der Waals surface area contributed by atoms with E-state index in [1.165, 1.54) is 28.3 Å². The monoisotopic (exact) mass is 375 g/mol. The second kappa shape index (κ2) is 5.25. The SMILES string of the molecule is ClCc1nc2cc(I)ccc2n1N1CCCCC1. The molecule has 0 atom stereocenters. The average Bonchev–Trinajstić information content (AvgIpc) is 2.77. The van der Waals surface area contributed by atoms with Gasteiger partial charge in [-0.05, 0) is 60.1 Å². The number of benzene rings is 1. The molecule has 1 aromatic heterocycles. The molecule has 0 amide bonds. The molecule has 0 unspecified atom stereocenters. The number of imidazole rings is 1. The Labute approximate surface area is 125 Å². The van der Waals surface area contributed by atoms with Crippen molar-refractivity contribution < 1.29 is 0 Å². The molecule has 0 saturated carbocycles. The van der Waals surface area contributed by atoms with Gasteiger partial charge < -0.3 is 5.01 Å². The van der Waals surface area contributed by atoms with Crippen LogP contribution in [0.25, 0.3) is 11.0 Å². The quantitative estimate of drug-likeness (QED) is 0.592. The zero-order valence-electron chi connectivity index (χ0n) is 10.1. The molecule has 3 nitrogen and oxygen atoms in total. The van der Waals surface area contributed by atoms with Crippen LogP contribution in [0, 0.1) is 3.57 Å². The third-order valence-corrected chi connectivity index (χ3v) is 4.30. The van der Waals surface area contributed by atoms with Crippen LogP contribution in [0.1, 0.15) is 25.1 Å². The van der Waals surface area contributed by atoms with Crippen LogP contribution in [0.4, 0.5) is 0 Å². The van der Waals surface area contributed by atoms with E-state index in [4.69, 9.17) is 11.6 Å². The number of nitrogens with zero attached hydrogens (tertiary/aromatic N) is 3. The van der Waals surface area contributed by atoms with Crippen molar-refractivity contribution in [2.75, 3.05) is 18.1 Å². The largest absolute Gasteiger partial charge is 0.311 e. The second-order valence-corrected chi connectivity index (χ2v) is 6.13. The predicted octanol–water partition coefficient (Wildman–Crippen LogP) is 3.50. The fraction of sp³-hybridized carbons (Fsp3) is 0.462. The topological polar surface area (TPSA) is 21.1 Å². The normalized spacial score (nSPS) is 16.4. The molecule has 1 aliphatic rings. The third kappa shape index (κ3) is 2.20. The molecule has 0 radical (unpaired) electrons. The van der Waals surface area contributed by atoms with E-state index in [2.05, 4.69) is 55.5 Å². The number of hydrogen-bond donors (Lipinski definition) is 0. The van der Waals surface area contributed by atoms with Gasteiger partial charge in [-0.15, -0.1) is 11.6 Å². The zero-order chi connectivity index (χ0) is 12.5. The van der Waals surface area contributed by atoms with Gasteiger partial charge in [-0.25, -0.2) is 9.66 Å². The number of fused-ring (bicyclic) bond motifs is 1. The Bertz CT molecular complexity index is 561. The van der Waals surface area contributed by atoms with Crippen molar-refractivity contribution in [2.24, 2.45) is 0 Å². The fourth-order valence-electron chi connectivity index (χ4n) is 2.57. The summed E-state index contributed by atoms with van der Waals surface area (Å²) in [4.78, 5) is 4.65. The molecule has 1 fully saturated rings. The molecule has 0 N–H and O–H groups in total. The molecule has 0 aliphatic carbocycles. The van der Waals surface area contributed by atoms with Crippen molar-refractivity contribution in [1.82, 2.24) is 9.66 Å². The molecule has 5 heteroatoms. The standard InChI is InChI=1S/C13H15ClIN3/c14-9-13-16-11-8-10(15)4-5-12(11)18(13)17-6-2-1-3-7-17/h4-5,8H,1-3,6-7,9H2. The Balaban J connectivity index is 2.12. The van der Waals surface area contributed by atoms with Gasteiger partial charge in [0.15, 0.2) is 0 Å². The molecule has 1 aliphatic heterocycles. The molecule has 2 aromatic rings. The number of rotatable bonds is 2. The van der Waals surface area contributed by atoms with E-state index in [9.17, 15) is 0 Å². The Morgan fingerprint density at radius 3 is 2.72 bits per heavy atom. The van der Waals surface area contributed by atoms with E-state index in [1.807, 2.05) is 0 Å². The highest BCUT2D eigenvalue weighted by atomic mass is 127. The molecule has 0 bridgehead atoms. The minimum absolute atomic E-state index is 0.460. The summed E-state index contributed by atoms with van der Waals surface area (Å²) in [7, 11) is 0. The minimum atomic E-state index is 0.460. The van der Waals surface area contributed by atoms with E-state index < -0.39 is 0 Å². The van der Waals surface area contributed by atoms with Crippen LogP contribution in [-0.4, -0.2) is 22.7 Å². The first-order valence-corrected chi connectivity index (χ1v) is 7.89. The summed E-state index contributed by atoms with van der Waals surface area (Å²) >= 11 is 8.37. The first-order valence-electron chi connectivity index (χ1n) is 6.27. The van der Waals surface area contributed by atoms with Crippen molar-refractivity contribution in [1.29, 1.82) is 0 Å². The van der Waals surface area contributed by atoms with Gasteiger partial charge in [0, 0.05) is 16.7 Å². The first kappa shape index (κ1) is 12.5. The minimum Gasteiger partial charge on any atom is -0.311 e. The summed E-state index contributed by atoms with van der Waals surface area (Å²) in [6, 6.07) is 6.39. The zero-order valence-corrected chi connectivity index (χ0v) is 13.0. The lowest BCUT2D eigenvalue weighted by molar-refractivity contribution is 0.478. The molecule has 3 rings (SSSR count). The predicted molar refractivity (Wildman–Crippen MR) is 83.8 cm³/mol. The van der Waals surface area contributed by atoms with Gasteiger partial charge >= 0.3 is 0 Å². The molecule has 1 saturated heterocycles. The van der Waals surface area contributed by atoms with Gasteiger partial charge in [0.2, 0.25) is 0 Å².